The number of rotatable bonds is 5. The monoisotopic (exact) mass is 518 g/mol. The number of halogens is 2. The SMILES string of the molecule is CC(Sc1ccc(NC(=O)c2ccc(Cl)cc2Cl)cc1)C(=O)n1c2ccccc2c2ccccc21. The van der Waals surface area contributed by atoms with Gasteiger partial charge in [0, 0.05) is 26.4 Å². The number of para-hydroxylation sites is 2. The predicted molar refractivity (Wildman–Crippen MR) is 146 cm³/mol. The van der Waals surface area contributed by atoms with E-state index in [-0.39, 0.29) is 17.1 Å². The summed E-state index contributed by atoms with van der Waals surface area (Å²) >= 11 is 13.5. The number of amides is 1. The quantitative estimate of drug-likeness (QED) is 0.238. The molecule has 0 saturated carbocycles. The Balaban J connectivity index is 1.33. The molecule has 0 radical (unpaired) electrons. The van der Waals surface area contributed by atoms with Crippen molar-refractivity contribution in [2.45, 2.75) is 17.1 Å². The van der Waals surface area contributed by atoms with Crippen LogP contribution in [0.2, 0.25) is 10.0 Å². The zero-order valence-corrected chi connectivity index (χ0v) is 21.0. The number of hydrogen-bond donors (Lipinski definition) is 1. The van der Waals surface area contributed by atoms with Crippen molar-refractivity contribution < 1.29 is 9.59 Å². The molecule has 4 nitrogen and oxygen atoms in total. The highest BCUT2D eigenvalue weighted by Gasteiger charge is 2.21. The van der Waals surface area contributed by atoms with Crippen molar-refractivity contribution in [1.82, 2.24) is 4.57 Å². The number of nitrogens with one attached hydrogen (secondary N) is 1. The van der Waals surface area contributed by atoms with Crippen LogP contribution >= 0.6 is 35.0 Å². The van der Waals surface area contributed by atoms with Crippen LogP contribution in [0.25, 0.3) is 21.8 Å². The highest BCUT2D eigenvalue weighted by atomic mass is 35.5. The van der Waals surface area contributed by atoms with Crippen LogP contribution in [0.1, 0.15) is 22.1 Å². The number of carbonyl (C=O) groups is 2. The standard InChI is InChI=1S/C28H20Cl2N2O2S/c1-17(28(34)32-25-8-4-2-6-21(25)22-7-3-5-9-26(22)32)35-20-13-11-19(12-14-20)31-27(33)23-15-10-18(29)16-24(23)30/h2-17H,1H3,(H,31,33). The van der Waals surface area contributed by atoms with E-state index in [1.807, 2.05) is 84.3 Å². The number of aromatic nitrogens is 1. The molecule has 1 heterocycles. The molecule has 174 valence electrons. The molecule has 0 aliphatic rings. The molecule has 0 aliphatic carbocycles. The highest BCUT2D eigenvalue weighted by Crippen LogP contribution is 2.32. The van der Waals surface area contributed by atoms with Gasteiger partial charge in [-0.3, -0.25) is 14.2 Å². The predicted octanol–water partition coefficient (Wildman–Crippen LogP) is 8.17. The maximum absolute atomic E-state index is 13.5. The fourth-order valence-electron chi connectivity index (χ4n) is 4.09. The summed E-state index contributed by atoms with van der Waals surface area (Å²) in [7, 11) is 0. The van der Waals surface area contributed by atoms with Gasteiger partial charge in [0.25, 0.3) is 5.91 Å². The second-order valence-electron chi connectivity index (χ2n) is 8.07. The Labute approximate surface area is 216 Å². The molecule has 1 amide bonds. The summed E-state index contributed by atoms with van der Waals surface area (Å²) in [5, 5.41) is 5.41. The first kappa shape index (κ1) is 23.5. The summed E-state index contributed by atoms with van der Waals surface area (Å²) in [5.74, 6) is -0.302. The third-order valence-electron chi connectivity index (χ3n) is 5.75. The van der Waals surface area contributed by atoms with Crippen LogP contribution in [0.3, 0.4) is 0 Å². The molecule has 0 bridgehead atoms. The number of hydrogen-bond acceptors (Lipinski definition) is 3. The molecule has 0 saturated heterocycles. The van der Waals surface area contributed by atoms with Crippen molar-refractivity contribution in [3.63, 3.8) is 0 Å². The highest BCUT2D eigenvalue weighted by molar-refractivity contribution is 8.00. The molecule has 5 aromatic rings. The van der Waals surface area contributed by atoms with Crippen LogP contribution in [-0.4, -0.2) is 21.6 Å². The van der Waals surface area contributed by atoms with E-state index < -0.39 is 0 Å². The van der Waals surface area contributed by atoms with Crippen LogP contribution in [0.15, 0.2) is 95.9 Å². The summed E-state index contributed by atoms with van der Waals surface area (Å²) in [6.07, 6.45) is 0. The molecular weight excluding hydrogens is 499 g/mol. The Kier molecular flexibility index (Phi) is 6.56. The summed E-state index contributed by atoms with van der Waals surface area (Å²) in [5.41, 5.74) is 2.79. The van der Waals surface area contributed by atoms with E-state index in [9.17, 15) is 9.59 Å². The van der Waals surface area contributed by atoms with Crippen molar-refractivity contribution in [1.29, 1.82) is 0 Å². The number of anilines is 1. The van der Waals surface area contributed by atoms with Gasteiger partial charge in [0.05, 0.1) is 26.9 Å². The topological polar surface area (TPSA) is 51.1 Å². The fourth-order valence-corrected chi connectivity index (χ4v) is 5.49. The summed E-state index contributed by atoms with van der Waals surface area (Å²) in [4.78, 5) is 27.0. The first-order chi connectivity index (χ1) is 16.9. The Morgan fingerprint density at radius 1 is 0.829 bits per heavy atom. The zero-order valence-electron chi connectivity index (χ0n) is 18.7. The average Bonchev–Trinajstić information content (AvgIpc) is 3.19. The summed E-state index contributed by atoms with van der Waals surface area (Å²) in [6, 6.07) is 28.1. The molecule has 0 spiro atoms. The van der Waals surface area contributed by atoms with Gasteiger partial charge in [0.1, 0.15) is 0 Å². The van der Waals surface area contributed by atoms with E-state index in [2.05, 4.69) is 5.32 Å². The van der Waals surface area contributed by atoms with Gasteiger partial charge in [0.2, 0.25) is 5.91 Å². The lowest BCUT2D eigenvalue weighted by atomic mass is 10.2. The van der Waals surface area contributed by atoms with E-state index in [4.69, 9.17) is 23.2 Å². The molecule has 5 rings (SSSR count). The van der Waals surface area contributed by atoms with Crippen LogP contribution in [0.4, 0.5) is 5.69 Å². The Bertz CT molecular complexity index is 1520. The van der Waals surface area contributed by atoms with Crippen molar-refractivity contribution in [3.8, 4) is 0 Å². The largest absolute Gasteiger partial charge is 0.322 e. The van der Waals surface area contributed by atoms with Crippen molar-refractivity contribution in [2.24, 2.45) is 0 Å². The molecule has 1 unspecified atom stereocenters. The van der Waals surface area contributed by atoms with E-state index in [0.717, 1.165) is 26.7 Å². The van der Waals surface area contributed by atoms with Gasteiger partial charge in [0.15, 0.2) is 0 Å². The second-order valence-corrected chi connectivity index (χ2v) is 10.3. The average molecular weight is 519 g/mol. The smallest absolute Gasteiger partial charge is 0.257 e. The third kappa shape index (κ3) is 4.67. The summed E-state index contributed by atoms with van der Waals surface area (Å²) in [6.45, 7) is 1.91. The number of carbonyl (C=O) groups excluding carboxylic acids is 2. The third-order valence-corrected chi connectivity index (χ3v) is 7.40. The van der Waals surface area contributed by atoms with E-state index >= 15 is 0 Å². The minimum atomic E-state index is -0.318. The van der Waals surface area contributed by atoms with Gasteiger partial charge in [-0.2, -0.15) is 0 Å². The zero-order chi connectivity index (χ0) is 24.5. The van der Waals surface area contributed by atoms with E-state index in [0.29, 0.717) is 21.3 Å². The number of fused-ring (bicyclic) bond motifs is 3. The van der Waals surface area contributed by atoms with Gasteiger partial charge >= 0.3 is 0 Å². The van der Waals surface area contributed by atoms with Crippen molar-refractivity contribution in [3.05, 3.63) is 107 Å². The molecule has 1 aromatic heterocycles. The molecule has 0 aliphatic heterocycles. The minimum Gasteiger partial charge on any atom is -0.322 e. The Morgan fingerprint density at radius 2 is 1.43 bits per heavy atom. The number of thioether (sulfide) groups is 1. The van der Waals surface area contributed by atoms with Gasteiger partial charge in [-0.25, -0.2) is 0 Å². The van der Waals surface area contributed by atoms with E-state index in [1.165, 1.54) is 17.8 Å². The maximum atomic E-state index is 13.5. The van der Waals surface area contributed by atoms with Crippen molar-refractivity contribution >= 4 is 74.3 Å². The molecule has 35 heavy (non-hydrogen) atoms. The first-order valence-electron chi connectivity index (χ1n) is 11.0. The lowest BCUT2D eigenvalue weighted by Crippen LogP contribution is -2.21. The molecular formula is C28H20Cl2N2O2S. The molecule has 4 aromatic carbocycles. The van der Waals surface area contributed by atoms with Gasteiger partial charge in [-0.15, -0.1) is 11.8 Å². The van der Waals surface area contributed by atoms with Crippen LogP contribution in [0, 0.1) is 0 Å². The van der Waals surface area contributed by atoms with Gasteiger partial charge < -0.3 is 5.32 Å². The maximum Gasteiger partial charge on any atom is 0.257 e. The van der Waals surface area contributed by atoms with E-state index in [1.54, 1.807) is 12.1 Å². The second kappa shape index (κ2) is 9.78. The first-order valence-corrected chi connectivity index (χ1v) is 12.6. The summed E-state index contributed by atoms with van der Waals surface area (Å²) < 4.78 is 1.81. The van der Waals surface area contributed by atoms with Crippen LogP contribution in [-0.2, 0) is 0 Å². The van der Waals surface area contributed by atoms with Crippen LogP contribution in [0.5, 0.6) is 0 Å². The van der Waals surface area contributed by atoms with Gasteiger partial charge in [-0.05, 0) is 61.5 Å². The number of nitrogens with zero attached hydrogens (tertiary/aromatic N) is 1. The lowest BCUT2D eigenvalue weighted by Gasteiger charge is -2.14. The molecule has 1 atom stereocenters. The molecule has 0 fully saturated rings. The number of benzene rings is 4. The molecule has 1 N–H and O–H groups in total. The fraction of sp³-hybridized carbons (Fsp3) is 0.0714. The molecule has 7 heteroatoms. The normalized spacial score (nSPS) is 12.1. The minimum absolute atomic E-state index is 0.0159. The Hall–Kier alpha value is -3.25. The van der Waals surface area contributed by atoms with Crippen molar-refractivity contribution in [2.75, 3.05) is 5.32 Å². The Morgan fingerprint density at radius 3 is 2.03 bits per heavy atom. The lowest BCUT2D eigenvalue weighted by molar-refractivity contribution is 0.0924. The van der Waals surface area contributed by atoms with Gasteiger partial charge in [-0.1, -0.05) is 59.6 Å². The van der Waals surface area contributed by atoms with Crippen LogP contribution < -0.4 is 5.32 Å².